The Morgan fingerprint density at radius 1 is 1.32 bits per heavy atom. The van der Waals surface area contributed by atoms with Gasteiger partial charge in [0, 0.05) is 11.6 Å². The Bertz CT molecular complexity index is 598. The standard InChI is InChI=1S/C15H20N2O2/c1-15(2,3)11-4-5-12-10(6-11)7-17(16-12)13-8-19-9-14(13)18/h4-7,13-14,18H,8-9H2,1-3H3. The van der Waals surface area contributed by atoms with Gasteiger partial charge in [-0.1, -0.05) is 26.8 Å². The van der Waals surface area contributed by atoms with Gasteiger partial charge < -0.3 is 9.84 Å². The molecule has 2 aromatic rings. The van der Waals surface area contributed by atoms with Gasteiger partial charge in [-0.05, 0) is 23.1 Å². The molecular formula is C15H20N2O2. The fraction of sp³-hybridized carbons (Fsp3) is 0.533. The zero-order valence-electron chi connectivity index (χ0n) is 11.6. The third kappa shape index (κ3) is 2.26. The molecule has 1 aromatic carbocycles. The molecule has 102 valence electrons. The highest BCUT2D eigenvalue weighted by Gasteiger charge is 2.28. The van der Waals surface area contributed by atoms with Crippen molar-refractivity contribution in [2.24, 2.45) is 0 Å². The molecule has 4 heteroatoms. The van der Waals surface area contributed by atoms with E-state index in [0.717, 1.165) is 10.9 Å². The number of rotatable bonds is 1. The zero-order valence-corrected chi connectivity index (χ0v) is 11.6. The van der Waals surface area contributed by atoms with E-state index in [0.29, 0.717) is 13.2 Å². The Balaban J connectivity index is 2.01. The number of aliphatic hydroxyl groups is 1. The Morgan fingerprint density at radius 3 is 2.74 bits per heavy atom. The maximum atomic E-state index is 9.87. The maximum Gasteiger partial charge on any atom is 0.103 e. The van der Waals surface area contributed by atoms with Crippen molar-refractivity contribution in [2.75, 3.05) is 13.2 Å². The molecule has 3 rings (SSSR count). The zero-order chi connectivity index (χ0) is 13.6. The number of hydrogen-bond acceptors (Lipinski definition) is 3. The smallest absolute Gasteiger partial charge is 0.103 e. The van der Waals surface area contributed by atoms with Gasteiger partial charge in [0.15, 0.2) is 0 Å². The van der Waals surface area contributed by atoms with Crippen LogP contribution in [0.4, 0.5) is 0 Å². The molecule has 0 aliphatic carbocycles. The molecule has 0 amide bonds. The molecule has 19 heavy (non-hydrogen) atoms. The fourth-order valence-electron chi connectivity index (χ4n) is 2.47. The molecule has 2 unspecified atom stereocenters. The quantitative estimate of drug-likeness (QED) is 0.855. The van der Waals surface area contributed by atoms with Crippen molar-refractivity contribution in [3.05, 3.63) is 30.0 Å². The monoisotopic (exact) mass is 260 g/mol. The minimum atomic E-state index is -0.462. The van der Waals surface area contributed by atoms with Crippen molar-refractivity contribution < 1.29 is 9.84 Å². The van der Waals surface area contributed by atoms with E-state index in [1.807, 2.05) is 10.9 Å². The summed E-state index contributed by atoms with van der Waals surface area (Å²) in [5, 5.41) is 15.5. The molecular weight excluding hydrogens is 240 g/mol. The van der Waals surface area contributed by atoms with Crippen LogP contribution in [-0.4, -0.2) is 34.2 Å². The van der Waals surface area contributed by atoms with Crippen molar-refractivity contribution in [1.82, 2.24) is 9.78 Å². The first kappa shape index (κ1) is 12.6. The summed E-state index contributed by atoms with van der Waals surface area (Å²) in [4.78, 5) is 0. The Kier molecular flexibility index (Phi) is 2.87. The van der Waals surface area contributed by atoms with Gasteiger partial charge in [-0.3, -0.25) is 4.68 Å². The van der Waals surface area contributed by atoms with Crippen LogP contribution in [0.3, 0.4) is 0 Å². The van der Waals surface area contributed by atoms with E-state index in [-0.39, 0.29) is 11.5 Å². The third-order valence-electron chi connectivity index (χ3n) is 3.75. The lowest BCUT2D eigenvalue weighted by Crippen LogP contribution is -2.22. The maximum absolute atomic E-state index is 9.87. The number of fused-ring (bicyclic) bond motifs is 1. The summed E-state index contributed by atoms with van der Waals surface area (Å²) in [6.07, 6.45) is 1.55. The second kappa shape index (κ2) is 4.32. The molecule has 1 saturated heterocycles. The minimum absolute atomic E-state index is 0.0644. The van der Waals surface area contributed by atoms with Gasteiger partial charge in [0.2, 0.25) is 0 Å². The third-order valence-corrected chi connectivity index (χ3v) is 3.75. The minimum Gasteiger partial charge on any atom is -0.388 e. The Labute approximate surface area is 113 Å². The normalized spacial score (nSPS) is 24.2. The summed E-state index contributed by atoms with van der Waals surface area (Å²) in [5.41, 5.74) is 2.39. The summed E-state index contributed by atoms with van der Waals surface area (Å²) in [7, 11) is 0. The lowest BCUT2D eigenvalue weighted by atomic mass is 9.86. The molecule has 0 bridgehead atoms. The molecule has 4 nitrogen and oxygen atoms in total. The number of aromatic nitrogens is 2. The Morgan fingerprint density at radius 2 is 2.11 bits per heavy atom. The lowest BCUT2D eigenvalue weighted by molar-refractivity contribution is 0.118. The number of nitrogens with zero attached hydrogens (tertiary/aromatic N) is 2. The molecule has 0 saturated carbocycles. The second-order valence-electron chi connectivity index (χ2n) is 6.30. The molecule has 1 aliphatic heterocycles. The summed E-state index contributed by atoms with van der Waals surface area (Å²) >= 11 is 0. The highest BCUT2D eigenvalue weighted by atomic mass is 16.5. The van der Waals surface area contributed by atoms with Crippen molar-refractivity contribution in [3.63, 3.8) is 0 Å². The average molecular weight is 260 g/mol. The number of hydrogen-bond donors (Lipinski definition) is 1. The average Bonchev–Trinajstić information content (AvgIpc) is 2.91. The highest BCUT2D eigenvalue weighted by Crippen LogP contribution is 2.27. The first-order valence-electron chi connectivity index (χ1n) is 6.70. The summed E-state index contributed by atoms with van der Waals surface area (Å²) < 4.78 is 7.13. The molecule has 0 spiro atoms. The first-order valence-corrected chi connectivity index (χ1v) is 6.70. The van der Waals surface area contributed by atoms with E-state index < -0.39 is 6.10 Å². The van der Waals surface area contributed by atoms with Gasteiger partial charge >= 0.3 is 0 Å². The van der Waals surface area contributed by atoms with E-state index >= 15 is 0 Å². The van der Waals surface area contributed by atoms with Crippen molar-refractivity contribution >= 4 is 10.9 Å². The van der Waals surface area contributed by atoms with Crippen molar-refractivity contribution in [3.8, 4) is 0 Å². The van der Waals surface area contributed by atoms with Gasteiger partial charge in [0.25, 0.3) is 0 Å². The van der Waals surface area contributed by atoms with Crippen LogP contribution in [0.5, 0.6) is 0 Å². The molecule has 0 radical (unpaired) electrons. The van der Waals surface area contributed by atoms with E-state index in [2.05, 4.69) is 44.1 Å². The van der Waals surface area contributed by atoms with Crippen LogP contribution in [0.15, 0.2) is 24.4 Å². The molecule has 1 aliphatic rings. The van der Waals surface area contributed by atoms with E-state index in [1.54, 1.807) is 0 Å². The van der Waals surface area contributed by atoms with Crippen molar-refractivity contribution in [2.45, 2.75) is 38.3 Å². The van der Waals surface area contributed by atoms with Crippen LogP contribution in [0, 0.1) is 0 Å². The SMILES string of the molecule is CC(C)(C)c1ccc2nn(C3COCC3O)cc2c1. The summed E-state index contributed by atoms with van der Waals surface area (Å²) in [6.45, 7) is 7.53. The van der Waals surface area contributed by atoms with E-state index in [1.165, 1.54) is 5.56 Å². The summed E-state index contributed by atoms with van der Waals surface area (Å²) in [6, 6.07) is 6.29. The van der Waals surface area contributed by atoms with Gasteiger partial charge in [-0.25, -0.2) is 0 Å². The van der Waals surface area contributed by atoms with Gasteiger partial charge in [0.05, 0.1) is 18.7 Å². The molecule has 1 fully saturated rings. The number of ether oxygens (including phenoxy) is 1. The van der Waals surface area contributed by atoms with Crippen LogP contribution in [-0.2, 0) is 10.2 Å². The van der Waals surface area contributed by atoms with Gasteiger partial charge in [-0.15, -0.1) is 0 Å². The first-order chi connectivity index (χ1) is 8.95. The second-order valence-corrected chi connectivity index (χ2v) is 6.30. The highest BCUT2D eigenvalue weighted by molar-refractivity contribution is 5.79. The summed E-state index contributed by atoms with van der Waals surface area (Å²) in [5.74, 6) is 0. The van der Waals surface area contributed by atoms with Crippen LogP contribution in [0.1, 0.15) is 32.4 Å². The fourth-order valence-corrected chi connectivity index (χ4v) is 2.47. The topological polar surface area (TPSA) is 47.3 Å². The largest absolute Gasteiger partial charge is 0.388 e. The van der Waals surface area contributed by atoms with Crippen LogP contribution >= 0.6 is 0 Å². The number of aliphatic hydroxyl groups excluding tert-OH is 1. The predicted octanol–water partition coefficient (Wildman–Crippen LogP) is 2.27. The van der Waals surface area contributed by atoms with Gasteiger partial charge in [0.1, 0.15) is 12.1 Å². The van der Waals surface area contributed by atoms with Crippen LogP contribution < -0.4 is 0 Å². The van der Waals surface area contributed by atoms with Crippen LogP contribution in [0.2, 0.25) is 0 Å². The molecule has 2 atom stereocenters. The number of benzene rings is 1. The molecule has 2 heterocycles. The molecule has 1 aromatic heterocycles. The van der Waals surface area contributed by atoms with Crippen LogP contribution in [0.25, 0.3) is 10.9 Å². The van der Waals surface area contributed by atoms with E-state index in [9.17, 15) is 5.11 Å². The molecule has 1 N–H and O–H groups in total. The predicted molar refractivity (Wildman–Crippen MR) is 74.3 cm³/mol. The lowest BCUT2D eigenvalue weighted by Gasteiger charge is -2.18. The van der Waals surface area contributed by atoms with E-state index in [4.69, 9.17) is 4.74 Å². The van der Waals surface area contributed by atoms with Gasteiger partial charge in [-0.2, -0.15) is 5.10 Å². The van der Waals surface area contributed by atoms with Crippen molar-refractivity contribution in [1.29, 1.82) is 0 Å². The Hall–Kier alpha value is -1.39.